The molecule has 0 aliphatic carbocycles. The number of aryl methyl sites for hydroxylation is 1. The summed E-state index contributed by atoms with van der Waals surface area (Å²) < 4.78 is 32.5. The van der Waals surface area contributed by atoms with E-state index in [4.69, 9.17) is 10.00 Å². The van der Waals surface area contributed by atoms with Gasteiger partial charge in [-0.15, -0.1) is 0 Å². The second kappa shape index (κ2) is 7.28. The Bertz CT molecular complexity index is 1280. The Labute approximate surface area is 164 Å². The molecule has 2 heterocycles. The number of hydrogen-bond donors (Lipinski definition) is 3. The van der Waals surface area contributed by atoms with Gasteiger partial charge in [0.05, 0.1) is 17.1 Å². The number of benzene rings is 2. The lowest BCUT2D eigenvalue weighted by Gasteiger charge is -2.06. The predicted octanol–water partition coefficient (Wildman–Crippen LogP) is 4.44. The molecule has 6 nitrogen and oxygen atoms in total. The number of nitriles is 1. The summed E-state index contributed by atoms with van der Waals surface area (Å²) in [5.41, 5.74) is 2.89. The monoisotopic (exact) mass is 394 g/mol. The maximum absolute atomic E-state index is 13.9. The van der Waals surface area contributed by atoms with E-state index in [1.54, 1.807) is 31.2 Å². The molecule has 0 spiro atoms. The summed E-state index contributed by atoms with van der Waals surface area (Å²) in [5, 5.41) is 12.9. The average Bonchev–Trinajstić information content (AvgIpc) is 3.24. The van der Waals surface area contributed by atoms with Gasteiger partial charge in [-0.05, 0) is 49.2 Å². The van der Waals surface area contributed by atoms with Crippen molar-refractivity contribution in [3.05, 3.63) is 64.9 Å². The fourth-order valence-electron chi connectivity index (χ4n) is 3.37. The van der Waals surface area contributed by atoms with Gasteiger partial charge in [-0.1, -0.05) is 0 Å². The Morgan fingerprint density at radius 1 is 1.21 bits per heavy atom. The van der Waals surface area contributed by atoms with E-state index in [-0.39, 0.29) is 17.9 Å². The van der Waals surface area contributed by atoms with E-state index in [9.17, 15) is 13.6 Å². The SMILES string of the molecule is Cc1[nH]c2c(F)c(F)ccc2c1CCNC(=O)Oc1cc2cc(C#N)ccc2[nH]1. The van der Waals surface area contributed by atoms with E-state index in [1.807, 2.05) is 0 Å². The molecule has 8 heteroatoms. The second-order valence-electron chi connectivity index (χ2n) is 6.63. The molecule has 2 aromatic heterocycles. The summed E-state index contributed by atoms with van der Waals surface area (Å²) in [6, 6.07) is 11.4. The molecule has 0 fully saturated rings. The van der Waals surface area contributed by atoms with Crippen LogP contribution in [0.3, 0.4) is 0 Å². The molecule has 0 aliphatic heterocycles. The van der Waals surface area contributed by atoms with Crippen molar-refractivity contribution in [1.82, 2.24) is 15.3 Å². The Hall–Kier alpha value is -3.86. The number of fused-ring (bicyclic) bond motifs is 2. The van der Waals surface area contributed by atoms with Crippen molar-refractivity contribution in [2.75, 3.05) is 6.54 Å². The van der Waals surface area contributed by atoms with Crippen LogP contribution in [-0.4, -0.2) is 22.6 Å². The summed E-state index contributed by atoms with van der Waals surface area (Å²) in [4.78, 5) is 17.9. The minimum atomic E-state index is -0.914. The number of ether oxygens (including phenoxy) is 1. The van der Waals surface area contributed by atoms with Crippen LogP contribution in [0.5, 0.6) is 5.88 Å². The molecule has 0 bridgehead atoms. The van der Waals surface area contributed by atoms with Gasteiger partial charge in [0, 0.05) is 34.6 Å². The molecule has 2 aromatic carbocycles. The molecule has 0 radical (unpaired) electrons. The highest BCUT2D eigenvalue weighted by Gasteiger charge is 2.15. The summed E-state index contributed by atoms with van der Waals surface area (Å²) in [7, 11) is 0. The summed E-state index contributed by atoms with van der Waals surface area (Å²) >= 11 is 0. The van der Waals surface area contributed by atoms with Crippen LogP contribution < -0.4 is 10.1 Å². The Morgan fingerprint density at radius 2 is 2.03 bits per heavy atom. The highest BCUT2D eigenvalue weighted by molar-refractivity contribution is 5.86. The normalized spacial score (nSPS) is 11.0. The van der Waals surface area contributed by atoms with Crippen LogP contribution in [0.25, 0.3) is 21.8 Å². The smallest absolute Gasteiger partial charge is 0.393 e. The molecule has 0 aliphatic rings. The number of hydrogen-bond acceptors (Lipinski definition) is 3. The van der Waals surface area contributed by atoms with Gasteiger partial charge in [0.2, 0.25) is 5.88 Å². The van der Waals surface area contributed by atoms with E-state index >= 15 is 0 Å². The number of carbonyl (C=O) groups excluding carboxylic acids is 1. The Balaban J connectivity index is 1.41. The quantitative estimate of drug-likeness (QED) is 0.478. The fourth-order valence-corrected chi connectivity index (χ4v) is 3.37. The first-order chi connectivity index (χ1) is 14.0. The van der Waals surface area contributed by atoms with Crippen LogP contribution in [0, 0.1) is 29.9 Å². The summed E-state index contributed by atoms with van der Waals surface area (Å²) in [6.45, 7) is 2.02. The van der Waals surface area contributed by atoms with Gasteiger partial charge in [-0.25, -0.2) is 13.6 Å². The largest absolute Gasteiger partial charge is 0.413 e. The zero-order valence-electron chi connectivity index (χ0n) is 15.4. The summed E-state index contributed by atoms with van der Waals surface area (Å²) in [6.07, 6.45) is -0.226. The van der Waals surface area contributed by atoms with Gasteiger partial charge in [0.1, 0.15) is 0 Å². The molecule has 3 N–H and O–H groups in total. The number of nitrogens with zero attached hydrogens (tertiary/aromatic N) is 1. The van der Waals surface area contributed by atoms with Gasteiger partial charge in [-0.2, -0.15) is 5.26 Å². The van der Waals surface area contributed by atoms with Crippen LogP contribution in [0.2, 0.25) is 0 Å². The van der Waals surface area contributed by atoms with Crippen LogP contribution >= 0.6 is 0 Å². The summed E-state index contributed by atoms with van der Waals surface area (Å²) in [5.74, 6) is -1.57. The van der Waals surface area contributed by atoms with E-state index in [2.05, 4.69) is 21.4 Å². The van der Waals surface area contributed by atoms with E-state index < -0.39 is 17.7 Å². The molecule has 4 aromatic rings. The van der Waals surface area contributed by atoms with Crippen LogP contribution in [0.1, 0.15) is 16.8 Å². The Kier molecular flexibility index (Phi) is 4.64. The van der Waals surface area contributed by atoms with E-state index in [0.29, 0.717) is 23.1 Å². The number of aromatic amines is 2. The zero-order chi connectivity index (χ0) is 20.5. The highest BCUT2D eigenvalue weighted by Crippen LogP contribution is 2.26. The number of carbonyl (C=O) groups is 1. The molecule has 0 saturated carbocycles. The number of rotatable bonds is 4. The van der Waals surface area contributed by atoms with Crippen molar-refractivity contribution in [2.24, 2.45) is 0 Å². The molecular weight excluding hydrogens is 378 g/mol. The topological polar surface area (TPSA) is 93.7 Å². The lowest BCUT2D eigenvalue weighted by molar-refractivity contribution is 0.199. The molecule has 146 valence electrons. The molecule has 29 heavy (non-hydrogen) atoms. The van der Waals surface area contributed by atoms with Gasteiger partial charge in [0.15, 0.2) is 11.6 Å². The lowest BCUT2D eigenvalue weighted by atomic mass is 10.1. The molecular formula is C21H16F2N4O2. The van der Waals surface area contributed by atoms with Gasteiger partial charge in [-0.3, -0.25) is 0 Å². The van der Waals surface area contributed by atoms with Crippen molar-refractivity contribution in [3.63, 3.8) is 0 Å². The van der Waals surface area contributed by atoms with Crippen molar-refractivity contribution in [1.29, 1.82) is 5.26 Å². The minimum absolute atomic E-state index is 0.120. The molecule has 1 amide bonds. The van der Waals surface area contributed by atoms with Crippen LogP contribution in [0.15, 0.2) is 36.4 Å². The van der Waals surface area contributed by atoms with Gasteiger partial charge < -0.3 is 20.0 Å². The average molecular weight is 394 g/mol. The maximum atomic E-state index is 13.9. The first-order valence-corrected chi connectivity index (χ1v) is 8.90. The zero-order valence-corrected chi connectivity index (χ0v) is 15.4. The number of H-pyrrole nitrogens is 2. The third-order valence-electron chi connectivity index (χ3n) is 4.76. The number of halogens is 2. The predicted molar refractivity (Wildman–Crippen MR) is 104 cm³/mol. The maximum Gasteiger partial charge on any atom is 0.413 e. The van der Waals surface area contributed by atoms with E-state index in [1.165, 1.54) is 6.07 Å². The van der Waals surface area contributed by atoms with Crippen LogP contribution in [-0.2, 0) is 6.42 Å². The third kappa shape index (κ3) is 3.50. The second-order valence-corrected chi connectivity index (χ2v) is 6.63. The Morgan fingerprint density at radius 3 is 2.83 bits per heavy atom. The van der Waals surface area contributed by atoms with Crippen molar-refractivity contribution in [2.45, 2.75) is 13.3 Å². The number of amides is 1. The standard InChI is InChI=1S/C21H16F2N4O2/c1-11-14(15-3-4-16(22)19(23)20(15)26-11)6-7-25-21(28)29-18-9-13-8-12(10-24)2-5-17(13)27-18/h2-5,8-9,26-27H,6-7H2,1H3,(H,25,28). The van der Waals surface area contributed by atoms with Crippen molar-refractivity contribution < 1.29 is 18.3 Å². The molecule has 0 saturated heterocycles. The van der Waals surface area contributed by atoms with Gasteiger partial charge in [0.25, 0.3) is 0 Å². The van der Waals surface area contributed by atoms with Crippen LogP contribution in [0.4, 0.5) is 13.6 Å². The van der Waals surface area contributed by atoms with Crippen molar-refractivity contribution in [3.8, 4) is 11.9 Å². The third-order valence-corrected chi connectivity index (χ3v) is 4.76. The van der Waals surface area contributed by atoms with Crippen molar-refractivity contribution >= 4 is 27.9 Å². The minimum Gasteiger partial charge on any atom is -0.393 e. The van der Waals surface area contributed by atoms with Gasteiger partial charge >= 0.3 is 6.09 Å². The lowest BCUT2D eigenvalue weighted by Crippen LogP contribution is -2.28. The number of aromatic nitrogens is 2. The first-order valence-electron chi connectivity index (χ1n) is 8.90. The number of nitrogens with one attached hydrogen (secondary N) is 3. The first kappa shape index (κ1) is 18.5. The molecule has 0 unspecified atom stereocenters. The molecule has 0 atom stereocenters. The molecule has 4 rings (SSSR count). The van der Waals surface area contributed by atoms with E-state index in [0.717, 1.165) is 22.5 Å². The fraction of sp³-hybridized carbons (Fsp3) is 0.143. The highest BCUT2D eigenvalue weighted by atomic mass is 19.2.